The number of ether oxygens (including phenoxy) is 7. The average Bonchev–Trinajstić information content (AvgIpc) is 3.41. The van der Waals surface area contributed by atoms with Gasteiger partial charge < -0.3 is 49.1 Å². The Kier molecular flexibility index (Phi) is 29.5. The summed E-state index contributed by atoms with van der Waals surface area (Å²) in [6.07, 6.45) is 4.94. The second-order valence-corrected chi connectivity index (χ2v) is 16.7. The molecule has 3 aromatic rings. The van der Waals surface area contributed by atoms with Crippen molar-refractivity contribution >= 4 is 42.2 Å². The number of aromatic nitrogens is 3. The van der Waals surface area contributed by atoms with Gasteiger partial charge in [-0.15, -0.1) is 0 Å². The third-order valence-electron chi connectivity index (χ3n) is 10.9. The summed E-state index contributed by atoms with van der Waals surface area (Å²) >= 11 is 0. The van der Waals surface area contributed by atoms with Crippen LogP contribution in [0.4, 0.5) is 14.4 Å². The molecule has 410 valence electrons. The van der Waals surface area contributed by atoms with Gasteiger partial charge >= 0.3 is 59.2 Å². The lowest BCUT2D eigenvalue weighted by atomic mass is 10.2. The summed E-state index contributed by atoms with van der Waals surface area (Å²) in [7, 11) is 0. The van der Waals surface area contributed by atoms with Crippen LogP contribution in [-0.2, 0) is 85.2 Å². The second-order valence-electron chi connectivity index (χ2n) is 16.7. The first kappa shape index (κ1) is 61.3. The van der Waals surface area contributed by atoms with Gasteiger partial charge in [0.25, 0.3) is 0 Å². The molecule has 0 saturated heterocycles. The lowest BCUT2D eigenvalue weighted by Gasteiger charge is -2.14. The number of unbranched alkanes of at least 4 members (excludes halogenated alkanes) is 9. The van der Waals surface area contributed by atoms with Crippen LogP contribution in [0.15, 0.2) is 99.4 Å². The number of carbonyl (C=O) groups excluding carboxylic acids is 7. The van der Waals surface area contributed by atoms with Crippen molar-refractivity contribution in [3.8, 4) is 0 Å². The van der Waals surface area contributed by atoms with Crippen LogP contribution in [0.1, 0.15) is 95.1 Å². The van der Waals surface area contributed by atoms with Crippen LogP contribution in [-0.4, -0.2) is 109 Å². The molecule has 3 N–H and O–H groups in total. The zero-order chi connectivity index (χ0) is 54.6. The summed E-state index contributed by atoms with van der Waals surface area (Å²) < 4.78 is 38.1. The molecule has 0 bridgehead atoms. The van der Waals surface area contributed by atoms with Crippen LogP contribution in [0.5, 0.6) is 0 Å². The van der Waals surface area contributed by atoms with E-state index in [4.69, 9.17) is 33.2 Å². The molecule has 3 amide bonds. The minimum Gasteiger partial charge on any atom is -0.458 e. The summed E-state index contributed by atoms with van der Waals surface area (Å²) in [5.41, 5.74) is -1.65. The largest absolute Gasteiger partial charge is 0.458 e. The Morgan fingerprint density at radius 3 is 1.03 bits per heavy atom. The fraction of sp³-hybridized carbons (Fsp3) is 0.500. The zero-order valence-corrected chi connectivity index (χ0v) is 42.6. The second kappa shape index (κ2) is 36.0. The van der Waals surface area contributed by atoms with Crippen LogP contribution < -0.4 is 33.0 Å². The van der Waals surface area contributed by atoms with Gasteiger partial charge in [-0.3, -0.25) is 0 Å². The maximum absolute atomic E-state index is 13.6. The summed E-state index contributed by atoms with van der Waals surface area (Å²) in [5, 5.41) is 7.82. The highest BCUT2D eigenvalue weighted by Gasteiger charge is 2.21. The molecule has 0 spiro atoms. The molecule has 0 aliphatic carbocycles. The number of nitrogens with zero attached hydrogens (tertiary/aromatic N) is 3. The minimum atomic E-state index is -1.00. The molecule has 23 nitrogen and oxygen atoms in total. The lowest BCUT2D eigenvalue weighted by molar-refractivity contribution is -0.150. The first-order chi connectivity index (χ1) is 36.2. The van der Waals surface area contributed by atoms with Gasteiger partial charge in [-0.2, -0.15) is 0 Å². The third kappa shape index (κ3) is 24.5. The van der Waals surface area contributed by atoms with Crippen molar-refractivity contribution in [1.29, 1.82) is 0 Å². The predicted molar refractivity (Wildman–Crippen MR) is 271 cm³/mol. The molecule has 0 saturated carbocycles. The highest BCUT2D eigenvalue weighted by atomic mass is 16.6. The maximum Gasteiger partial charge on any atom is 0.407 e. The van der Waals surface area contributed by atoms with E-state index in [-0.39, 0.29) is 79.0 Å². The topological polar surface area (TPSA) is 286 Å². The Labute approximate surface area is 434 Å². The van der Waals surface area contributed by atoms with Crippen LogP contribution in [0.25, 0.3) is 0 Å². The quantitative estimate of drug-likeness (QED) is 0.0177. The number of amides is 3. The Morgan fingerprint density at radius 2 is 0.693 bits per heavy atom. The van der Waals surface area contributed by atoms with Crippen molar-refractivity contribution in [2.24, 2.45) is 0 Å². The van der Waals surface area contributed by atoms with Crippen molar-refractivity contribution in [3.05, 3.63) is 128 Å². The van der Waals surface area contributed by atoms with Crippen LogP contribution in [0.3, 0.4) is 0 Å². The number of hydrogen-bond donors (Lipinski definition) is 3. The van der Waals surface area contributed by atoms with E-state index in [0.29, 0.717) is 77.2 Å². The first-order valence-electron chi connectivity index (χ1n) is 25.0. The van der Waals surface area contributed by atoms with E-state index in [1.807, 2.05) is 12.1 Å². The lowest BCUT2D eigenvalue weighted by Crippen LogP contribution is -2.54. The molecule has 1 aromatic heterocycles. The summed E-state index contributed by atoms with van der Waals surface area (Å²) in [6.45, 7) is 8.67. The molecule has 0 unspecified atom stereocenters. The third-order valence-corrected chi connectivity index (χ3v) is 10.9. The summed E-state index contributed by atoms with van der Waals surface area (Å²) in [6, 6.07) is 17.7. The average molecular weight is 1050 g/mol. The Hall–Kier alpha value is -7.98. The Bertz CT molecular complexity index is 2350. The van der Waals surface area contributed by atoms with Crippen LogP contribution >= 0.6 is 0 Å². The van der Waals surface area contributed by atoms with Gasteiger partial charge in [0.05, 0.1) is 6.61 Å². The minimum absolute atomic E-state index is 0.0446. The number of esters is 4. The van der Waals surface area contributed by atoms with Crippen LogP contribution in [0, 0.1) is 0 Å². The monoisotopic (exact) mass is 1050 g/mol. The van der Waals surface area contributed by atoms with E-state index in [2.05, 4.69) is 29.1 Å². The van der Waals surface area contributed by atoms with Gasteiger partial charge in [0, 0.05) is 39.3 Å². The Balaban J connectivity index is 1.38. The predicted octanol–water partition coefficient (Wildman–Crippen LogP) is 4.74. The normalized spacial score (nSPS) is 10.6. The van der Waals surface area contributed by atoms with E-state index >= 15 is 0 Å². The molecular weight excluding hydrogens is 981 g/mol. The molecule has 23 heteroatoms. The molecule has 0 fully saturated rings. The number of hydrogen-bond acceptors (Lipinski definition) is 17. The first-order valence-corrected chi connectivity index (χ1v) is 25.0. The standard InChI is InChI=1S/C52H70N6O17/c1-4-69-47(63)53-27-17-5-8-20-30-56-50(66)57(31-21-9-6-18-28-54-48(64)72-35-33-70-43(59)39(2)45(61)74-37-41-23-13-11-14-24-41)52(68)58(51(56)67)32-22-10-7-19-29-55-49(65)73-36-34-71-44(60)40(3)46(62)75-38-42-25-15-12-16-26-42/h11-16,23-26H,2-10,17-22,27-38H2,1H3,(H,53,63)(H,54,64)(H,55,65). The van der Waals surface area contributed by atoms with E-state index in [1.54, 1.807) is 55.5 Å². The van der Waals surface area contributed by atoms with Crippen molar-refractivity contribution in [2.45, 2.75) is 117 Å². The highest BCUT2D eigenvalue weighted by Crippen LogP contribution is 2.08. The van der Waals surface area contributed by atoms with Crippen molar-refractivity contribution in [3.63, 3.8) is 0 Å². The number of rotatable bonds is 36. The maximum atomic E-state index is 13.6. The van der Waals surface area contributed by atoms with E-state index in [0.717, 1.165) is 31.2 Å². The number of nitrogens with one attached hydrogen (secondary N) is 3. The molecule has 75 heavy (non-hydrogen) atoms. The van der Waals surface area contributed by atoms with Gasteiger partial charge in [-0.05, 0) is 56.6 Å². The summed E-state index contributed by atoms with van der Waals surface area (Å²) in [4.78, 5) is 125. The van der Waals surface area contributed by atoms with E-state index < -0.39 is 70.4 Å². The van der Waals surface area contributed by atoms with Gasteiger partial charge in [0.2, 0.25) is 0 Å². The van der Waals surface area contributed by atoms with E-state index in [9.17, 15) is 47.9 Å². The van der Waals surface area contributed by atoms with Gasteiger partial charge in [0.15, 0.2) is 0 Å². The molecule has 0 atom stereocenters. The highest BCUT2D eigenvalue weighted by molar-refractivity contribution is 6.14. The molecule has 3 rings (SSSR count). The smallest absolute Gasteiger partial charge is 0.407 e. The van der Waals surface area contributed by atoms with Gasteiger partial charge in [-0.1, -0.05) is 112 Å². The zero-order valence-electron chi connectivity index (χ0n) is 42.6. The van der Waals surface area contributed by atoms with Crippen molar-refractivity contribution < 1.29 is 66.7 Å². The fourth-order valence-corrected chi connectivity index (χ4v) is 6.86. The van der Waals surface area contributed by atoms with Crippen molar-refractivity contribution in [1.82, 2.24) is 29.7 Å². The Morgan fingerprint density at radius 1 is 0.400 bits per heavy atom. The molecule has 0 aliphatic heterocycles. The molecule has 0 radical (unpaired) electrons. The molecule has 0 aliphatic rings. The number of carbonyl (C=O) groups is 7. The fourth-order valence-electron chi connectivity index (χ4n) is 6.86. The molecule has 1 heterocycles. The van der Waals surface area contributed by atoms with Gasteiger partial charge in [-0.25, -0.2) is 61.6 Å². The van der Waals surface area contributed by atoms with E-state index in [1.165, 1.54) is 0 Å². The summed E-state index contributed by atoms with van der Waals surface area (Å²) in [5.74, 6) is -3.87. The van der Waals surface area contributed by atoms with Crippen LogP contribution in [0.2, 0.25) is 0 Å². The molecular formula is C52H70N6O17. The van der Waals surface area contributed by atoms with Crippen molar-refractivity contribution in [2.75, 3.05) is 52.7 Å². The molecule has 2 aromatic carbocycles. The SMILES string of the molecule is C=C(C(=O)OCCOC(=O)NCCCCCCn1c(=O)n(CCCCCCNC(=O)OCC)c(=O)n(CCCCCCNC(=O)OCCOC(=O)C(=C)C(=O)OCc2ccccc2)c1=O)C(=O)OCc1ccccc1. The number of alkyl carbamates (subject to hydrolysis) is 3. The number of benzene rings is 2. The van der Waals surface area contributed by atoms with Gasteiger partial charge in [0.1, 0.15) is 50.8 Å².